The number of carbonyl (C=O) groups is 1. The fourth-order valence-corrected chi connectivity index (χ4v) is 1.38. The third-order valence-corrected chi connectivity index (χ3v) is 2.14. The summed E-state index contributed by atoms with van der Waals surface area (Å²) in [5.74, 6) is -1.90. The minimum atomic E-state index is -4.98. The summed E-state index contributed by atoms with van der Waals surface area (Å²) < 4.78 is 50.4. The summed E-state index contributed by atoms with van der Waals surface area (Å²) in [6, 6.07) is 1.16. The SMILES string of the molecule is CCOC(=O)c1nc(OC)cc(CN)c1OC(F)(F)F. The molecule has 0 aromatic carbocycles. The predicted molar refractivity (Wildman–Crippen MR) is 61.3 cm³/mol. The van der Waals surface area contributed by atoms with E-state index >= 15 is 0 Å². The van der Waals surface area contributed by atoms with Gasteiger partial charge in [0.15, 0.2) is 11.4 Å². The van der Waals surface area contributed by atoms with Gasteiger partial charge in [-0.25, -0.2) is 9.78 Å². The Kier molecular flexibility index (Phi) is 5.14. The first-order valence-corrected chi connectivity index (χ1v) is 5.53. The second-order valence-electron chi connectivity index (χ2n) is 3.47. The van der Waals surface area contributed by atoms with Crippen molar-refractivity contribution >= 4 is 5.97 Å². The monoisotopic (exact) mass is 294 g/mol. The molecule has 0 spiro atoms. The number of carbonyl (C=O) groups excluding carboxylic acids is 1. The van der Waals surface area contributed by atoms with E-state index in [4.69, 9.17) is 10.5 Å². The summed E-state index contributed by atoms with van der Waals surface area (Å²) >= 11 is 0. The number of hydrogen-bond donors (Lipinski definition) is 1. The van der Waals surface area contributed by atoms with Crippen LogP contribution in [-0.2, 0) is 11.3 Å². The molecule has 0 unspecified atom stereocenters. The molecule has 2 N–H and O–H groups in total. The van der Waals surface area contributed by atoms with Crippen molar-refractivity contribution in [2.45, 2.75) is 19.8 Å². The van der Waals surface area contributed by atoms with Gasteiger partial charge in [0.2, 0.25) is 5.88 Å². The topological polar surface area (TPSA) is 83.7 Å². The molecular weight excluding hydrogens is 281 g/mol. The van der Waals surface area contributed by atoms with Crippen molar-refractivity contribution in [3.63, 3.8) is 0 Å². The first-order chi connectivity index (χ1) is 9.32. The van der Waals surface area contributed by atoms with Crippen molar-refractivity contribution in [1.29, 1.82) is 0 Å². The molecule has 1 rings (SSSR count). The number of hydrogen-bond acceptors (Lipinski definition) is 6. The van der Waals surface area contributed by atoms with Crippen molar-refractivity contribution < 1.29 is 32.2 Å². The highest BCUT2D eigenvalue weighted by atomic mass is 19.4. The molecule has 0 radical (unpaired) electrons. The first-order valence-electron chi connectivity index (χ1n) is 5.53. The van der Waals surface area contributed by atoms with Crippen LogP contribution in [0, 0.1) is 0 Å². The quantitative estimate of drug-likeness (QED) is 0.831. The van der Waals surface area contributed by atoms with E-state index in [1.165, 1.54) is 14.0 Å². The molecule has 0 saturated heterocycles. The van der Waals surface area contributed by atoms with E-state index in [2.05, 4.69) is 14.5 Å². The third-order valence-electron chi connectivity index (χ3n) is 2.14. The number of rotatable bonds is 5. The number of methoxy groups -OCH3 is 1. The molecule has 0 aliphatic heterocycles. The number of ether oxygens (including phenoxy) is 3. The predicted octanol–water partition coefficient (Wildman–Crippen LogP) is 1.62. The van der Waals surface area contributed by atoms with Crippen LogP contribution in [0.1, 0.15) is 23.0 Å². The van der Waals surface area contributed by atoms with Crippen LogP contribution in [-0.4, -0.2) is 31.0 Å². The Morgan fingerprint density at radius 2 is 2.10 bits per heavy atom. The Bertz CT molecular complexity index is 491. The van der Waals surface area contributed by atoms with Gasteiger partial charge in [-0.1, -0.05) is 0 Å². The lowest BCUT2D eigenvalue weighted by molar-refractivity contribution is -0.275. The Morgan fingerprint density at radius 3 is 2.55 bits per heavy atom. The summed E-state index contributed by atoms with van der Waals surface area (Å²) in [5, 5.41) is 0. The standard InChI is InChI=1S/C11H13F3N2O4/c1-3-19-10(17)8-9(20-11(12,13)14)6(5-15)4-7(16-8)18-2/h4H,3,5,15H2,1-2H3. The molecule has 0 aliphatic rings. The van der Waals surface area contributed by atoms with Crippen LogP contribution in [0.2, 0.25) is 0 Å². The van der Waals surface area contributed by atoms with Crippen molar-refractivity contribution in [3.05, 3.63) is 17.3 Å². The minimum Gasteiger partial charge on any atom is -0.481 e. The number of nitrogens with zero attached hydrogens (tertiary/aromatic N) is 1. The molecule has 9 heteroatoms. The van der Waals surface area contributed by atoms with E-state index in [-0.39, 0.29) is 24.6 Å². The lowest BCUT2D eigenvalue weighted by atomic mass is 10.2. The van der Waals surface area contributed by atoms with Crippen molar-refractivity contribution in [3.8, 4) is 11.6 Å². The average molecular weight is 294 g/mol. The van der Waals surface area contributed by atoms with E-state index in [1.807, 2.05) is 0 Å². The van der Waals surface area contributed by atoms with E-state index in [0.717, 1.165) is 6.07 Å². The van der Waals surface area contributed by atoms with Gasteiger partial charge >= 0.3 is 12.3 Å². The molecule has 0 fully saturated rings. The Morgan fingerprint density at radius 1 is 1.45 bits per heavy atom. The maximum absolute atomic E-state index is 12.4. The maximum Gasteiger partial charge on any atom is 0.573 e. The second-order valence-corrected chi connectivity index (χ2v) is 3.47. The Hall–Kier alpha value is -2.03. The van der Waals surface area contributed by atoms with Crippen LogP contribution >= 0.6 is 0 Å². The van der Waals surface area contributed by atoms with Gasteiger partial charge < -0.3 is 19.9 Å². The number of alkyl halides is 3. The highest BCUT2D eigenvalue weighted by Crippen LogP contribution is 2.32. The van der Waals surface area contributed by atoms with E-state index in [0.29, 0.717) is 0 Å². The van der Waals surface area contributed by atoms with Crippen LogP contribution in [0.4, 0.5) is 13.2 Å². The van der Waals surface area contributed by atoms with Gasteiger partial charge in [0.25, 0.3) is 0 Å². The van der Waals surface area contributed by atoms with E-state index in [1.54, 1.807) is 0 Å². The zero-order valence-corrected chi connectivity index (χ0v) is 10.8. The molecule has 0 aliphatic carbocycles. The zero-order valence-electron chi connectivity index (χ0n) is 10.8. The van der Waals surface area contributed by atoms with Crippen molar-refractivity contribution in [2.24, 2.45) is 5.73 Å². The number of esters is 1. The summed E-state index contributed by atoms with van der Waals surface area (Å²) in [6.45, 7) is 1.18. The first kappa shape index (κ1) is 16.0. The number of pyridine rings is 1. The van der Waals surface area contributed by atoms with Gasteiger partial charge in [-0.2, -0.15) is 0 Å². The minimum absolute atomic E-state index is 0.0266. The largest absolute Gasteiger partial charge is 0.573 e. The lowest BCUT2D eigenvalue weighted by Crippen LogP contribution is -2.22. The third kappa shape index (κ3) is 3.98. The van der Waals surface area contributed by atoms with Gasteiger partial charge in [0.05, 0.1) is 13.7 Å². The summed E-state index contributed by atoms with van der Waals surface area (Å²) in [6.07, 6.45) is -4.98. The molecule has 0 amide bonds. The fraction of sp³-hybridized carbons (Fsp3) is 0.455. The Labute approximate surface area is 112 Å². The second kappa shape index (κ2) is 6.42. The zero-order chi connectivity index (χ0) is 15.3. The smallest absolute Gasteiger partial charge is 0.481 e. The number of nitrogens with two attached hydrogens (primary N) is 1. The number of halogens is 3. The summed E-state index contributed by atoms with van der Waals surface area (Å²) in [5.41, 5.74) is 4.65. The molecule has 20 heavy (non-hydrogen) atoms. The van der Waals surface area contributed by atoms with Gasteiger partial charge in [0.1, 0.15) is 0 Å². The van der Waals surface area contributed by atoms with E-state index < -0.39 is 23.8 Å². The van der Waals surface area contributed by atoms with Gasteiger partial charge in [-0.05, 0) is 6.92 Å². The maximum atomic E-state index is 12.4. The molecule has 1 aromatic heterocycles. The van der Waals surface area contributed by atoms with Crippen molar-refractivity contribution in [2.75, 3.05) is 13.7 Å². The van der Waals surface area contributed by atoms with Gasteiger partial charge in [-0.3, -0.25) is 0 Å². The van der Waals surface area contributed by atoms with Gasteiger partial charge in [-0.15, -0.1) is 13.2 Å². The molecule has 6 nitrogen and oxygen atoms in total. The van der Waals surface area contributed by atoms with E-state index in [9.17, 15) is 18.0 Å². The van der Waals surface area contributed by atoms with Crippen LogP contribution in [0.5, 0.6) is 11.6 Å². The lowest BCUT2D eigenvalue weighted by Gasteiger charge is -2.16. The normalized spacial score (nSPS) is 11.1. The van der Waals surface area contributed by atoms with Crippen LogP contribution in [0.3, 0.4) is 0 Å². The molecule has 0 saturated carbocycles. The molecule has 0 bridgehead atoms. The van der Waals surface area contributed by atoms with Gasteiger partial charge in [0, 0.05) is 18.2 Å². The molecule has 1 heterocycles. The molecule has 112 valence electrons. The molecule has 1 aromatic rings. The highest BCUT2D eigenvalue weighted by Gasteiger charge is 2.35. The molecular formula is C11H13F3N2O4. The van der Waals surface area contributed by atoms with Crippen LogP contribution < -0.4 is 15.2 Å². The molecule has 0 atom stereocenters. The highest BCUT2D eigenvalue weighted by molar-refractivity contribution is 5.91. The fourth-order valence-electron chi connectivity index (χ4n) is 1.38. The summed E-state index contributed by atoms with van der Waals surface area (Å²) in [4.78, 5) is 15.3. The Balaban J connectivity index is 3.38. The summed E-state index contributed by atoms with van der Waals surface area (Å²) in [7, 11) is 1.25. The number of aromatic nitrogens is 1. The van der Waals surface area contributed by atoms with Crippen LogP contribution in [0.15, 0.2) is 6.07 Å². The van der Waals surface area contributed by atoms with Crippen molar-refractivity contribution in [1.82, 2.24) is 4.98 Å². The average Bonchev–Trinajstić information content (AvgIpc) is 2.37. The van der Waals surface area contributed by atoms with Crippen LogP contribution in [0.25, 0.3) is 0 Å².